The number of aryl methyl sites for hydroxylation is 1. The van der Waals surface area contributed by atoms with Crippen molar-refractivity contribution in [1.82, 2.24) is 5.32 Å². The van der Waals surface area contributed by atoms with Gasteiger partial charge in [-0.25, -0.2) is 4.79 Å². The van der Waals surface area contributed by atoms with Crippen LogP contribution >= 0.6 is 11.8 Å². The minimum atomic E-state index is -1.06. The van der Waals surface area contributed by atoms with Crippen LogP contribution in [0, 0.1) is 0 Å². The summed E-state index contributed by atoms with van der Waals surface area (Å²) in [5, 5.41) is 13.5. The second-order valence-electron chi connectivity index (χ2n) is 5.02. The standard InChI is InChI=1S/C15H18N2O4S/c1-2-9-3-5-10(6-4-9)16-13(18)7-12-14(19)17-11(8-22-12)15(20)21/h3-6,11-12H,2,7-8H2,1H3,(H,16,18)(H,17,19)(H,20,21)/t11-,12+/m1/s1. The maximum atomic E-state index is 12.0. The molecule has 0 aromatic heterocycles. The first-order chi connectivity index (χ1) is 10.5. The van der Waals surface area contributed by atoms with E-state index in [2.05, 4.69) is 17.6 Å². The van der Waals surface area contributed by atoms with E-state index in [9.17, 15) is 14.4 Å². The molecule has 0 aliphatic carbocycles. The Balaban J connectivity index is 1.86. The number of hydrogen-bond donors (Lipinski definition) is 3. The van der Waals surface area contributed by atoms with Gasteiger partial charge in [0.05, 0.1) is 5.25 Å². The van der Waals surface area contributed by atoms with Gasteiger partial charge < -0.3 is 15.7 Å². The van der Waals surface area contributed by atoms with Gasteiger partial charge in [-0.15, -0.1) is 11.8 Å². The summed E-state index contributed by atoms with van der Waals surface area (Å²) in [6, 6.07) is 6.65. The van der Waals surface area contributed by atoms with Crippen molar-refractivity contribution in [2.75, 3.05) is 11.1 Å². The minimum absolute atomic E-state index is 0.0262. The highest BCUT2D eigenvalue weighted by molar-refractivity contribution is 8.00. The molecule has 0 unspecified atom stereocenters. The predicted octanol–water partition coefficient (Wildman–Crippen LogP) is 1.26. The minimum Gasteiger partial charge on any atom is -0.480 e. The molecule has 0 spiro atoms. The molecule has 0 saturated carbocycles. The fourth-order valence-corrected chi connectivity index (χ4v) is 3.22. The second kappa shape index (κ2) is 7.31. The van der Waals surface area contributed by atoms with Crippen LogP contribution in [0.3, 0.4) is 0 Å². The number of carboxylic acid groups (broad SMARTS) is 1. The van der Waals surface area contributed by atoms with Crippen LogP contribution in [0.1, 0.15) is 18.9 Å². The van der Waals surface area contributed by atoms with Crippen LogP contribution < -0.4 is 10.6 Å². The maximum Gasteiger partial charge on any atom is 0.327 e. The summed E-state index contributed by atoms with van der Waals surface area (Å²) in [5.41, 5.74) is 1.87. The van der Waals surface area contributed by atoms with Gasteiger partial charge in [0, 0.05) is 17.9 Å². The molecule has 1 aromatic rings. The Hall–Kier alpha value is -2.02. The monoisotopic (exact) mass is 322 g/mol. The van der Waals surface area contributed by atoms with E-state index in [0.717, 1.165) is 6.42 Å². The molecular formula is C15H18N2O4S. The van der Waals surface area contributed by atoms with Gasteiger partial charge in [-0.3, -0.25) is 9.59 Å². The predicted molar refractivity (Wildman–Crippen MR) is 84.9 cm³/mol. The normalized spacial score (nSPS) is 21.0. The summed E-state index contributed by atoms with van der Waals surface area (Å²) in [6.07, 6.45) is 0.955. The van der Waals surface area contributed by atoms with Crippen LogP contribution in [0.15, 0.2) is 24.3 Å². The fraction of sp³-hybridized carbons (Fsp3) is 0.400. The number of anilines is 1. The van der Waals surface area contributed by atoms with Crippen LogP contribution in [0.2, 0.25) is 0 Å². The first kappa shape index (κ1) is 16.4. The topological polar surface area (TPSA) is 95.5 Å². The summed E-state index contributed by atoms with van der Waals surface area (Å²) in [5.74, 6) is -1.45. The van der Waals surface area contributed by atoms with Crippen LogP contribution in [0.25, 0.3) is 0 Å². The lowest BCUT2D eigenvalue weighted by Gasteiger charge is -2.25. The molecule has 1 aliphatic heterocycles. The van der Waals surface area contributed by atoms with Crippen LogP contribution in [-0.4, -0.2) is 39.9 Å². The number of nitrogens with one attached hydrogen (secondary N) is 2. The third kappa shape index (κ3) is 4.24. The van der Waals surface area contributed by atoms with Gasteiger partial charge in [0.1, 0.15) is 6.04 Å². The number of carbonyl (C=O) groups excluding carboxylic acids is 2. The molecule has 2 amide bonds. The first-order valence-corrected chi connectivity index (χ1v) is 8.08. The molecule has 1 aliphatic rings. The van der Waals surface area contributed by atoms with E-state index in [1.165, 1.54) is 17.3 Å². The summed E-state index contributed by atoms with van der Waals surface area (Å²) >= 11 is 1.20. The smallest absolute Gasteiger partial charge is 0.327 e. The van der Waals surface area contributed by atoms with Crippen molar-refractivity contribution < 1.29 is 19.5 Å². The zero-order valence-electron chi connectivity index (χ0n) is 12.2. The Morgan fingerprint density at radius 2 is 2.05 bits per heavy atom. The second-order valence-corrected chi connectivity index (χ2v) is 6.26. The van der Waals surface area contributed by atoms with Crippen LogP contribution in [0.4, 0.5) is 5.69 Å². The summed E-state index contributed by atoms with van der Waals surface area (Å²) < 4.78 is 0. The zero-order chi connectivity index (χ0) is 16.1. The average molecular weight is 322 g/mol. The van der Waals surface area contributed by atoms with Gasteiger partial charge >= 0.3 is 5.97 Å². The molecule has 22 heavy (non-hydrogen) atoms. The molecule has 1 saturated heterocycles. The van der Waals surface area contributed by atoms with E-state index in [1.807, 2.05) is 24.3 Å². The molecule has 118 valence electrons. The van der Waals surface area contributed by atoms with Crippen molar-refractivity contribution in [2.45, 2.75) is 31.1 Å². The molecule has 1 fully saturated rings. The van der Waals surface area contributed by atoms with Gasteiger partial charge in [0.2, 0.25) is 11.8 Å². The third-order valence-electron chi connectivity index (χ3n) is 3.39. The number of carbonyl (C=O) groups is 3. The maximum absolute atomic E-state index is 12.0. The average Bonchev–Trinajstić information content (AvgIpc) is 2.50. The lowest BCUT2D eigenvalue weighted by atomic mass is 10.1. The molecule has 1 aromatic carbocycles. The van der Waals surface area contributed by atoms with Crippen molar-refractivity contribution in [2.24, 2.45) is 0 Å². The van der Waals surface area contributed by atoms with Crippen molar-refractivity contribution in [3.05, 3.63) is 29.8 Å². The van der Waals surface area contributed by atoms with E-state index >= 15 is 0 Å². The summed E-state index contributed by atoms with van der Waals surface area (Å²) in [6.45, 7) is 2.05. The number of hydrogen-bond acceptors (Lipinski definition) is 4. The van der Waals surface area contributed by atoms with Gasteiger partial charge in [0.15, 0.2) is 0 Å². The molecule has 3 N–H and O–H groups in total. The van der Waals surface area contributed by atoms with Gasteiger partial charge in [-0.05, 0) is 24.1 Å². The van der Waals surface area contributed by atoms with Gasteiger partial charge in [0.25, 0.3) is 0 Å². The molecule has 0 radical (unpaired) electrons. The Labute approximate surface area is 132 Å². The lowest BCUT2D eigenvalue weighted by Crippen LogP contribution is -2.51. The molecular weight excluding hydrogens is 304 g/mol. The number of amides is 2. The highest BCUT2D eigenvalue weighted by Gasteiger charge is 2.33. The SMILES string of the molecule is CCc1ccc(NC(=O)C[C@@H]2SC[C@H](C(=O)O)NC2=O)cc1. The van der Waals surface area contributed by atoms with E-state index in [0.29, 0.717) is 5.69 Å². The Morgan fingerprint density at radius 1 is 1.36 bits per heavy atom. The highest BCUT2D eigenvalue weighted by Crippen LogP contribution is 2.22. The first-order valence-electron chi connectivity index (χ1n) is 7.03. The number of carboxylic acids is 1. The zero-order valence-corrected chi connectivity index (χ0v) is 13.0. The van der Waals surface area contributed by atoms with Crippen molar-refractivity contribution >= 4 is 35.2 Å². The highest BCUT2D eigenvalue weighted by atomic mass is 32.2. The Morgan fingerprint density at radius 3 is 2.59 bits per heavy atom. The van der Waals surface area contributed by atoms with E-state index in [-0.39, 0.29) is 18.1 Å². The van der Waals surface area contributed by atoms with Crippen molar-refractivity contribution in [3.8, 4) is 0 Å². The van der Waals surface area contributed by atoms with Crippen molar-refractivity contribution in [1.29, 1.82) is 0 Å². The molecule has 2 rings (SSSR count). The largest absolute Gasteiger partial charge is 0.480 e. The van der Waals surface area contributed by atoms with Gasteiger partial charge in [-0.2, -0.15) is 0 Å². The Kier molecular flexibility index (Phi) is 5.43. The van der Waals surface area contributed by atoms with E-state index in [4.69, 9.17) is 5.11 Å². The lowest BCUT2D eigenvalue weighted by molar-refractivity contribution is -0.141. The number of benzene rings is 1. The molecule has 0 bridgehead atoms. The molecule has 6 nitrogen and oxygen atoms in total. The third-order valence-corrected chi connectivity index (χ3v) is 4.70. The van der Waals surface area contributed by atoms with Crippen molar-refractivity contribution in [3.63, 3.8) is 0 Å². The molecule has 1 heterocycles. The summed E-state index contributed by atoms with van der Waals surface area (Å²) in [7, 11) is 0. The quantitative estimate of drug-likeness (QED) is 0.758. The summed E-state index contributed by atoms with van der Waals surface area (Å²) in [4.78, 5) is 34.6. The number of aliphatic carboxylic acids is 1. The fourth-order valence-electron chi connectivity index (χ4n) is 2.08. The molecule has 2 atom stereocenters. The van der Waals surface area contributed by atoms with E-state index in [1.54, 1.807) is 0 Å². The van der Waals surface area contributed by atoms with E-state index < -0.39 is 23.2 Å². The van der Waals surface area contributed by atoms with Gasteiger partial charge in [-0.1, -0.05) is 19.1 Å². The van der Waals surface area contributed by atoms with Crippen LogP contribution in [-0.2, 0) is 20.8 Å². The van der Waals surface area contributed by atoms with Crippen LogP contribution in [0.5, 0.6) is 0 Å². The Bertz CT molecular complexity index is 573. The number of rotatable bonds is 5. The number of thioether (sulfide) groups is 1. The molecule has 7 heteroatoms.